The fourth-order valence-electron chi connectivity index (χ4n) is 3.14. The van der Waals surface area contributed by atoms with Crippen LogP contribution in [-0.4, -0.2) is 32.6 Å². The summed E-state index contributed by atoms with van der Waals surface area (Å²) in [7, 11) is 0. The van der Waals surface area contributed by atoms with Crippen molar-refractivity contribution < 1.29 is 9.59 Å². The summed E-state index contributed by atoms with van der Waals surface area (Å²) in [6, 6.07) is 14.1. The van der Waals surface area contributed by atoms with Crippen LogP contribution >= 0.6 is 0 Å². The smallest absolute Gasteiger partial charge is 0.251 e. The van der Waals surface area contributed by atoms with Crippen LogP contribution in [0, 0.1) is 5.92 Å². The van der Waals surface area contributed by atoms with Gasteiger partial charge in [-0.15, -0.1) is 0 Å². The van der Waals surface area contributed by atoms with Crippen molar-refractivity contribution in [2.24, 2.45) is 5.92 Å². The lowest BCUT2D eigenvalue weighted by molar-refractivity contribution is -0.118. The minimum absolute atomic E-state index is 0.0127. The first-order valence-corrected chi connectivity index (χ1v) is 10.3. The Bertz CT molecular complexity index is 1020. The van der Waals surface area contributed by atoms with Crippen molar-refractivity contribution in [2.75, 3.05) is 5.32 Å². The molecular formula is C24H29N5O2. The lowest BCUT2D eigenvalue weighted by Gasteiger charge is -2.22. The monoisotopic (exact) mass is 419 g/mol. The van der Waals surface area contributed by atoms with Gasteiger partial charge in [0.15, 0.2) is 0 Å². The van der Waals surface area contributed by atoms with Crippen molar-refractivity contribution in [2.45, 2.75) is 46.1 Å². The fourth-order valence-corrected chi connectivity index (χ4v) is 3.14. The second-order valence-corrected chi connectivity index (χ2v) is 8.90. The Hall–Kier alpha value is -3.48. The fraction of sp³-hybridized carbons (Fsp3) is 0.333. The molecule has 0 radical (unpaired) electrons. The van der Waals surface area contributed by atoms with Crippen LogP contribution < -0.4 is 10.6 Å². The van der Waals surface area contributed by atoms with Gasteiger partial charge in [-0.1, -0.05) is 46.8 Å². The normalized spacial score (nSPS) is 12.5. The molecule has 0 saturated carbocycles. The van der Waals surface area contributed by atoms with Crippen molar-refractivity contribution in [3.63, 3.8) is 0 Å². The molecule has 0 fully saturated rings. The van der Waals surface area contributed by atoms with E-state index in [1.807, 2.05) is 38.1 Å². The standard InChI is InChI=1S/C24H29N5O2/c1-16(2)21(28-22(30)17-6-8-18(9-7-17)24(3,4)5)23(31)27-19-10-12-20(13-11-19)29-15-25-14-26-29/h6-16,21H,1-5H3,(H,27,31)(H,28,30). The van der Waals surface area contributed by atoms with Crippen molar-refractivity contribution in [1.29, 1.82) is 0 Å². The summed E-state index contributed by atoms with van der Waals surface area (Å²) < 4.78 is 1.63. The first kappa shape index (κ1) is 22.2. The maximum Gasteiger partial charge on any atom is 0.251 e. The predicted molar refractivity (Wildman–Crippen MR) is 121 cm³/mol. The number of nitrogens with zero attached hydrogens (tertiary/aromatic N) is 3. The zero-order valence-electron chi connectivity index (χ0n) is 18.6. The van der Waals surface area contributed by atoms with E-state index in [0.717, 1.165) is 11.3 Å². The van der Waals surface area contributed by atoms with Gasteiger partial charge in [0, 0.05) is 11.3 Å². The largest absolute Gasteiger partial charge is 0.340 e. The van der Waals surface area contributed by atoms with Crippen molar-refractivity contribution >= 4 is 17.5 Å². The number of hydrogen-bond donors (Lipinski definition) is 2. The van der Waals surface area contributed by atoms with E-state index in [-0.39, 0.29) is 23.1 Å². The van der Waals surface area contributed by atoms with E-state index < -0.39 is 6.04 Å². The molecule has 3 rings (SSSR count). The molecule has 0 saturated heterocycles. The summed E-state index contributed by atoms with van der Waals surface area (Å²) in [6.45, 7) is 10.2. The molecule has 2 N–H and O–H groups in total. The van der Waals surface area contributed by atoms with Gasteiger partial charge in [0.2, 0.25) is 5.91 Å². The molecule has 7 heteroatoms. The second kappa shape index (κ2) is 9.12. The van der Waals surface area contributed by atoms with Gasteiger partial charge in [-0.3, -0.25) is 9.59 Å². The summed E-state index contributed by atoms with van der Waals surface area (Å²) in [5, 5.41) is 9.83. The Labute approximate surface area is 182 Å². The quantitative estimate of drug-likeness (QED) is 0.633. The average Bonchev–Trinajstić information content (AvgIpc) is 3.26. The van der Waals surface area contributed by atoms with Gasteiger partial charge in [-0.2, -0.15) is 5.10 Å². The van der Waals surface area contributed by atoms with Crippen LogP contribution in [0.5, 0.6) is 0 Å². The van der Waals surface area contributed by atoms with E-state index in [0.29, 0.717) is 11.3 Å². The van der Waals surface area contributed by atoms with Crippen LogP contribution in [-0.2, 0) is 10.2 Å². The molecule has 0 bridgehead atoms. The zero-order chi connectivity index (χ0) is 22.6. The third kappa shape index (κ3) is 5.57. The lowest BCUT2D eigenvalue weighted by atomic mass is 9.86. The van der Waals surface area contributed by atoms with Crippen LogP contribution in [0.15, 0.2) is 61.2 Å². The molecular weight excluding hydrogens is 390 g/mol. The van der Waals surface area contributed by atoms with E-state index in [1.165, 1.54) is 6.33 Å². The highest BCUT2D eigenvalue weighted by Gasteiger charge is 2.25. The summed E-state index contributed by atoms with van der Waals surface area (Å²) >= 11 is 0. The van der Waals surface area contributed by atoms with Crippen LogP contribution in [0.3, 0.4) is 0 Å². The number of carbonyl (C=O) groups excluding carboxylic acids is 2. The number of anilines is 1. The molecule has 1 heterocycles. The Kier molecular flexibility index (Phi) is 6.53. The maximum atomic E-state index is 12.9. The summed E-state index contributed by atoms with van der Waals surface area (Å²) in [5.41, 5.74) is 3.17. The van der Waals surface area contributed by atoms with Gasteiger partial charge in [-0.25, -0.2) is 9.67 Å². The molecule has 0 spiro atoms. The Morgan fingerprint density at radius 1 is 0.968 bits per heavy atom. The molecule has 1 aromatic heterocycles. The van der Waals surface area contributed by atoms with Crippen LogP contribution in [0.4, 0.5) is 5.69 Å². The number of aromatic nitrogens is 3. The van der Waals surface area contributed by atoms with Crippen LogP contribution in [0.25, 0.3) is 5.69 Å². The van der Waals surface area contributed by atoms with Gasteiger partial charge in [-0.05, 0) is 53.3 Å². The van der Waals surface area contributed by atoms with E-state index in [2.05, 4.69) is 41.5 Å². The van der Waals surface area contributed by atoms with Gasteiger partial charge in [0.25, 0.3) is 5.91 Å². The lowest BCUT2D eigenvalue weighted by Crippen LogP contribution is -2.47. The van der Waals surface area contributed by atoms with Gasteiger partial charge in [0.05, 0.1) is 5.69 Å². The number of rotatable bonds is 6. The summed E-state index contributed by atoms with van der Waals surface area (Å²) in [5.74, 6) is -0.605. The van der Waals surface area contributed by atoms with E-state index >= 15 is 0 Å². The van der Waals surface area contributed by atoms with Crippen molar-refractivity contribution in [3.05, 3.63) is 72.3 Å². The highest BCUT2D eigenvalue weighted by molar-refractivity contribution is 6.01. The minimum Gasteiger partial charge on any atom is -0.340 e. The number of hydrogen-bond acceptors (Lipinski definition) is 4. The molecule has 7 nitrogen and oxygen atoms in total. The molecule has 31 heavy (non-hydrogen) atoms. The van der Waals surface area contributed by atoms with Crippen molar-refractivity contribution in [3.8, 4) is 5.69 Å². The molecule has 162 valence electrons. The molecule has 2 aromatic carbocycles. The number of nitrogens with one attached hydrogen (secondary N) is 2. The molecule has 0 aliphatic carbocycles. The Morgan fingerprint density at radius 3 is 2.13 bits per heavy atom. The maximum absolute atomic E-state index is 12.9. The Balaban J connectivity index is 1.67. The second-order valence-electron chi connectivity index (χ2n) is 8.90. The topological polar surface area (TPSA) is 88.9 Å². The van der Waals surface area contributed by atoms with Gasteiger partial charge >= 0.3 is 0 Å². The number of amides is 2. The predicted octanol–water partition coefficient (Wildman–Crippen LogP) is 3.96. The zero-order valence-corrected chi connectivity index (χ0v) is 18.6. The SMILES string of the molecule is CC(C)C(NC(=O)c1ccc(C(C)(C)C)cc1)C(=O)Nc1ccc(-n2cncn2)cc1. The highest BCUT2D eigenvalue weighted by Crippen LogP contribution is 2.22. The summed E-state index contributed by atoms with van der Waals surface area (Å²) in [6.07, 6.45) is 3.06. The minimum atomic E-state index is -0.662. The number of carbonyl (C=O) groups is 2. The average molecular weight is 420 g/mol. The molecule has 1 unspecified atom stereocenters. The Morgan fingerprint density at radius 2 is 1.61 bits per heavy atom. The van der Waals surface area contributed by atoms with Gasteiger partial charge in [0.1, 0.15) is 18.7 Å². The van der Waals surface area contributed by atoms with Crippen LogP contribution in [0.2, 0.25) is 0 Å². The highest BCUT2D eigenvalue weighted by atomic mass is 16.2. The van der Waals surface area contributed by atoms with E-state index in [4.69, 9.17) is 0 Å². The molecule has 0 aliphatic heterocycles. The number of benzene rings is 2. The first-order valence-electron chi connectivity index (χ1n) is 10.3. The van der Waals surface area contributed by atoms with Gasteiger partial charge < -0.3 is 10.6 Å². The molecule has 0 aliphatic rings. The third-order valence-corrected chi connectivity index (χ3v) is 5.07. The molecule has 3 aromatic rings. The third-order valence-electron chi connectivity index (χ3n) is 5.07. The van der Waals surface area contributed by atoms with E-state index in [9.17, 15) is 9.59 Å². The summed E-state index contributed by atoms with van der Waals surface area (Å²) in [4.78, 5) is 29.5. The van der Waals surface area contributed by atoms with Crippen molar-refractivity contribution in [1.82, 2.24) is 20.1 Å². The molecule has 2 amide bonds. The molecule has 1 atom stereocenters. The van der Waals surface area contributed by atoms with E-state index in [1.54, 1.807) is 35.3 Å². The van der Waals surface area contributed by atoms with Crippen LogP contribution in [0.1, 0.15) is 50.5 Å². The first-order chi connectivity index (χ1) is 14.6.